The molecule has 1 aromatic heterocycles. The van der Waals surface area contributed by atoms with E-state index in [1.54, 1.807) is 0 Å². The van der Waals surface area contributed by atoms with Gasteiger partial charge in [0.25, 0.3) is 0 Å². The topological polar surface area (TPSA) is 59.8 Å². The fourth-order valence-corrected chi connectivity index (χ4v) is 4.15. The molecule has 1 amide bonds. The summed E-state index contributed by atoms with van der Waals surface area (Å²) < 4.78 is 2.11. The second-order valence-corrected chi connectivity index (χ2v) is 7.77. The van der Waals surface area contributed by atoms with E-state index >= 15 is 0 Å². The molecule has 0 radical (unpaired) electrons. The van der Waals surface area contributed by atoms with Crippen LogP contribution in [-0.4, -0.2) is 32.5 Å². The Bertz CT molecular complexity index is 693. The third-order valence-electron chi connectivity index (χ3n) is 4.52. The number of rotatable bonds is 6. The predicted molar refractivity (Wildman–Crippen MR) is 102 cm³/mol. The fraction of sp³-hybridized carbons (Fsp3) is 0.526. The Balaban J connectivity index is 1.66. The van der Waals surface area contributed by atoms with E-state index in [9.17, 15) is 4.79 Å². The fourth-order valence-electron chi connectivity index (χ4n) is 3.27. The van der Waals surface area contributed by atoms with Gasteiger partial charge in [0.1, 0.15) is 0 Å². The summed E-state index contributed by atoms with van der Waals surface area (Å²) in [5.41, 5.74) is 1.04. The molecular formula is C19H26N4OS. The molecule has 0 aliphatic heterocycles. The van der Waals surface area contributed by atoms with E-state index in [4.69, 9.17) is 0 Å². The van der Waals surface area contributed by atoms with Crippen LogP contribution in [0.3, 0.4) is 0 Å². The zero-order valence-corrected chi connectivity index (χ0v) is 15.8. The third kappa shape index (κ3) is 4.63. The van der Waals surface area contributed by atoms with Gasteiger partial charge in [0, 0.05) is 17.6 Å². The molecule has 0 unspecified atom stereocenters. The maximum Gasteiger partial charge on any atom is 0.230 e. The second kappa shape index (κ2) is 8.52. The number of carbonyl (C=O) groups excluding carboxylic acids is 1. The summed E-state index contributed by atoms with van der Waals surface area (Å²) in [7, 11) is 0. The summed E-state index contributed by atoms with van der Waals surface area (Å²) in [4.78, 5) is 12.3. The highest BCUT2D eigenvalue weighted by Crippen LogP contribution is 2.27. The molecule has 5 nitrogen and oxygen atoms in total. The molecule has 1 fully saturated rings. The van der Waals surface area contributed by atoms with E-state index in [1.165, 1.54) is 31.0 Å². The molecule has 2 aromatic rings. The molecule has 1 aliphatic carbocycles. The van der Waals surface area contributed by atoms with Crippen molar-refractivity contribution in [3.05, 3.63) is 30.3 Å². The van der Waals surface area contributed by atoms with Crippen molar-refractivity contribution >= 4 is 17.7 Å². The monoisotopic (exact) mass is 358 g/mol. The molecule has 25 heavy (non-hydrogen) atoms. The standard InChI is InChI=1S/C19H26N4OS/c1-14(2)23-18(15-9-5-3-6-10-15)21-22-19(23)25-13-17(24)20-16-11-7-4-8-12-16/h3,5-6,9-10,14,16H,4,7-8,11-13H2,1-2H3,(H,20,24). The van der Waals surface area contributed by atoms with Crippen LogP contribution < -0.4 is 5.32 Å². The van der Waals surface area contributed by atoms with E-state index in [0.29, 0.717) is 11.8 Å². The Morgan fingerprint density at radius 1 is 1.20 bits per heavy atom. The first kappa shape index (κ1) is 18.0. The average Bonchev–Trinajstić information content (AvgIpc) is 3.06. The first-order valence-corrected chi connectivity index (χ1v) is 10.1. The molecule has 0 saturated heterocycles. The smallest absolute Gasteiger partial charge is 0.230 e. The highest BCUT2D eigenvalue weighted by molar-refractivity contribution is 7.99. The average molecular weight is 359 g/mol. The zero-order valence-electron chi connectivity index (χ0n) is 14.9. The lowest BCUT2D eigenvalue weighted by Gasteiger charge is -2.22. The van der Waals surface area contributed by atoms with Crippen LogP contribution in [0.2, 0.25) is 0 Å². The minimum Gasteiger partial charge on any atom is -0.353 e. The summed E-state index contributed by atoms with van der Waals surface area (Å²) in [6.07, 6.45) is 5.95. The number of amides is 1. The van der Waals surface area contributed by atoms with Crippen LogP contribution in [-0.2, 0) is 4.79 Å². The minimum absolute atomic E-state index is 0.0940. The van der Waals surface area contributed by atoms with E-state index in [2.05, 4.69) is 33.9 Å². The third-order valence-corrected chi connectivity index (χ3v) is 5.46. The number of carbonyl (C=O) groups is 1. The highest BCUT2D eigenvalue weighted by Gasteiger charge is 2.19. The molecular weight excluding hydrogens is 332 g/mol. The van der Waals surface area contributed by atoms with Crippen molar-refractivity contribution in [3.8, 4) is 11.4 Å². The van der Waals surface area contributed by atoms with Crippen LogP contribution in [0.1, 0.15) is 52.0 Å². The van der Waals surface area contributed by atoms with Crippen LogP contribution in [0.5, 0.6) is 0 Å². The number of benzene rings is 1. The Kier molecular flexibility index (Phi) is 6.13. The maximum atomic E-state index is 12.3. The molecule has 1 aromatic carbocycles. The lowest BCUT2D eigenvalue weighted by molar-refractivity contribution is -0.119. The van der Waals surface area contributed by atoms with Crippen molar-refractivity contribution in [1.29, 1.82) is 0 Å². The lowest BCUT2D eigenvalue weighted by Crippen LogP contribution is -2.37. The van der Waals surface area contributed by atoms with Gasteiger partial charge in [0.15, 0.2) is 11.0 Å². The van der Waals surface area contributed by atoms with Crippen LogP contribution in [0.25, 0.3) is 11.4 Å². The second-order valence-electron chi connectivity index (χ2n) is 6.83. The Morgan fingerprint density at radius 2 is 1.92 bits per heavy atom. The van der Waals surface area contributed by atoms with Crippen molar-refractivity contribution < 1.29 is 4.79 Å². The molecule has 0 atom stereocenters. The maximum absolute atomic E-state index is 12.3. The first-order chi connectivity index (χ1) is 12.1. The lowest BCUT2D eigenvalue weighted by atomic mass is 9.95. The van der Waals surface area contributed by atoms with Crippen molar-refractivity contribution in [2.75, 3.05) is 5.75 Å². The van der Waals surface area contributed by atoms with Gasteiger partial charge in [-0.25, -0.2) is 0 Å². The van der Waals surface area contributed by atoms with Crippen LogP contribution in [0.15, 0.2) is 35.5 Å². The number of hydrogen-bond acceptors (Lipinski definition) is 4. The molecule has 134 valence electrons. The number of nitrogens with one attached hydrogen (secondary N) is 1. The van der Waals surface area contributed by atoms with Gasteiger partial charge in [-0.2, -0.15) is 0 Å². The minimum atomic E-state index is 0.0940. The predicted octanol–water partition coefficient (Wildman–Crippen LogP) is 4.07. The van der Waals surface area contributed by atoms with Gasteiger partial charge in [-0.05, 0) is 26.7 Å². The molecule has 3 rings (SSSR count). The van der Waals surface area contributed by atoms with E-state index in [0.717, 1.165) is 29.4 Å². The van der Waals surface area contributed by atoms with E-state index in [-0.39, 0.29) is 11.9 Å². The molecule has 1 heterocycles. The molecule has 1 aliphatic rings. The van der Waals surface area contributed by atoms with E-state index < -0.39 is 0 Å². The highest BCUT2D eigenvalue weighted by atomic mass is 32.2. The SMILES string of the molecule is CC(C)n1c(SCC(=O)NC2CCCCC2)nnc1-c1ccccc1. The van der Waals surface area contributed by atoms with Crippen molar-refractivity contribution in [2.24, 2.45) is 0 Å². The summed E-state index contributed by atoms with van der Waals surface area (Å²) in [6.45, 7) is 4.23. The zero-order chi connectivity index (χ0) is 17.6. The molecule has 1 saturated carbocycles. The van der Waals surface area contributed by atoms with Crippen LogP contribution in [0.4, 0.5) is 0 Å². The summed E-state index contributed by atoms with van der Waals surface area (Å²) in [5.74, 6) is 1.33. The van der Waals surface area contributed by atoms with Crippen LogP contribution >= 0.6 is 11.8 Å². The van der Waals surface area contributed by atoms with Gasteiger partial charge in [-0.3, -0.25) is 9.36 Å². The van der Waals surface area contributed by atoms with Crippen molar-refractivity contribution in [3.63, 3.8) is 0 Å². The summed E-state index contributed by atoms with van der Waals surface area (Å²) in [5, 5.41) is 12.6. The van der Waals surface area contributed by atoms with Gasteiger partial charge in [-0.1, -0.05) is 61.4 Å². The van der Waals surface area contributed by atoms with Gasteiger partial charge in [0.05, 0.1) is 5.75 Å². The molecule has 0 spiro atoms. The van der Waals surface area contributed by atoms with Crippen LogP contribution in [0, 0.1) is 0 Å². The summed E-state index contributed by atoms with van der Waals surface area (Å²) in [6, 6.07) is 10.6. The molecule has 6 heteroatoms. The number of aromatic nitrogens is 3. The molecule has 0 bridgehead atoms. The van der Waals surface area contributed by atoms with Gasteiger partial charge in [0.2, 0.25) is 5.91 Å². The summed E-state index contributed by atoms with van der Waals surface area (Å²) >= 11 is 1.46. The number of nitrogens with zero attached hydrogens (tertiary/aromatic N) is 3. The number of thioether (sulfide) groups is 1. The van der Waals surface area contributed by atoms with Gasteiger partial charge in [-0.15, -0.1) is 10.2 Å². The quantitative estimate of drug-likeness (QED) is 0.791. The molecule has 1 N–H and O–H groups in total. The van der Waals surface area contributed by atoms with Gasteiger partial charge < -0.3 is 5.32 Å². The van der Waals surface area contributed by atoms with E-state index in [1.807, 2.05) is 30.3 Å². The van der Waals surface area contributed by atoms with Gasteiger partial charge >= 0.3 is 0 Å². The Hall–Kier alpha value is -1.82. The Morgan fingerprint density at radius 3 is 2.60 bits per heavy atom. The van der Waals surface area contributed by atoms with Crippen molar-refractivity contribution in [1.82, 2.24) is 20.1 Å². The Labute approximate surface area is 153 Å². The number of hydrogen-bond donors (Lipinski definition) is 1. The normalized spacial score (nSPS) is 15.5. The first-order valence-electron chi connectivity index (χ1n) is 9.07. The largest absolute Gasteiger partial charge is 0.353 e. The van der Waals surface area contributed by atoms with Crippen molar-refractivity contribution in [2.45, 2.75) is 63.2 Å².